The van der Waals surface area contributed by atoms with Crippen LogP contribution in [-0.2, 0) is 0 Å². The second-order valence-electron chi connectivity index (χ2n) is 6.27. The minimum atomic E-state index is -0.393. The van der Waals surface area contributed by atoms with Gasteiger partial charge >= 0.3 is 0 Å². The highest BCUT2D eigenvalue weighted by molar-refractivity contribution is 5.52. The summed E-state index contributed by atoms with van der Waals surface area (Å²) >= 11 is 0. The molecule has 6 nitrogen and oxygen atoms in total. The summed E-state index contributed by atoms with van der Waals surface area (Å²) in [5.41, 5.74) is 2.12. The molecule has 3 rings (SSSR count). The van der Waals surface area contributed by atoms with Crippen LogP contribution >= 0.6 is 0 Å². The topological polar surface area (TPSA) is 75.8 Å². The predicted molar refractivity (Wildman–Crippen MR) is 96.0 cm³/mol. The molecule has 25 heavy (non-hydrogen) atoms. The lowest BCUT2D eigenvalue weighted by Gasteiger charge is -2.42. The van der Waals surface area contributed by atoms with E-state index in [-0.39, 0.29) is 24.3 Å². The lowest BCUT2D eigenvalue weighted by Crippen LogP contribution is -2.40. The Balaban J connectivity index is 1.95. The van der Waals surface area contributed by atoms with E-state index in [9.17, 15) is 15.2 Å². The summed E-state index contributed by atoms with van der Waals surface area (Å²) in [4.78, 5) is 12.8. The van der Waals surface area contributed by atoms with Crippen molar-refractivity contribution in [2.75, 3.05) is 25.2 Å². The summed E-state index contributed by atoms with van der Waals surface area (Å²) < 4.78 is 5.22. The third-order valence-corrected chi connectivity index (χ3v) is 4.84. The highest BCUT2D eigenvalue weighted by Crippen LogP contribution is 2.39. The molecule has 0 aromatic heterocycles. The number of benzene rings is 2. The first-order chi connectivity index (χ1) is 12.1. The first-order valence-electron chi connectivity index (χ1n) is 8.40. The van der Waals surface area contributed by atoms with E-state index in [1.807, 2.05) is 24.3 Å². The average molecular weight is 342 g/mol. The smallest absolute Gasteiger partial charge is 0.269 e. The number of hydrogen-bond acceptors (Lipinski definition) is 5. The maximum Gasteiger partial charge on any atom is 0.269 e. The van der Waals surface area contributed by atoms with Crippen LogP contribution in [0.25, 0.3) is 0 Å². The van der Waals surface area contributed by atoms with Crippen LogP contribution in [0.1, 0.15) is 24.4 Å². The molecule has 0 saturated carbocycles. The zero-order valence-electron chi connectivity index (χ0n) is 14.2. The van der Waals surface area contributed by atoms with E-state index in [4.69, 9.17) is 4.74 Å². The molecule has 1 N–H and O–H groups in total. The van der Waals surface area contributed by atoms with E-state index < -0.39 is 4.92 Å². The molecule has 0 aliphatic carbocycles. The molecule has 6 heteroatoms. The molecule has 0 radical (unpaired) electrons. The third kappa shape index (κ3) is 3.58. The number of aliphatic hydroxyl groups is 1. The maximum absolute atomic E-state index is 10.9. The fraction of sp³-hybridized carbons (Fsp3) is 0.368. The van der Waals surface area contributed by atoms with E-state index >= 15 is 0 Å². The first kappa shape index (κ1) is 17.2. The summed E-state index contributed by atoms with van der Waals surface area (Å²) in [6, 6.07) is 14.5. The number of aliphatic hydroxyl groups excluding tert-OH is 1. The standard InChI is InChI=1S/C19H22N2O4/c1-25-18-10-8-16(9-11-18)20-12-2-3-15(13-22)19(20)14-4-6-17(7-5-14)21(23)24/h4-11,15,19,22H,2-3,12-13H2,1H3/t15-,19-/m1/s1. The van der Waals surface area contributed by atoms with E-state index in [0.29, 0.717) is 0 Å². The highest BCUT2D eigenvalue weighted by atomic mass is 16.6. The zero-order valence-corrected chi connectivity index (χ0v) is 14.2. The van der Waals surface area contributed by atoms with E-state index in [1.165, 1.54) is 12.1 Å². The Kier molecular flexibility index (Phi) is 5.19. The second kappa shape index (κ2) is 7.53. The number of non-ortho nitro benzene ring substituents is 1. The van der Waals surface area contributed by atoms with Crippen molar-refractivity contribution >= 4 is 11.4 Å². The van der Waals surface area contributed by atoms with E-state index in [0.717, 1.165) is 36.4 Å². The summed E-state index contributed by atoms with van der Waals surface area (Å²) in [7, 11) is 1.64. The van der Waals surface area contributed by atoms with Crippen molar-refractivity contribution in [1.29, 1.82) is 0 Å². The molecule has 0 amide bonds. The van der Waals surface area contributed by atoms with E-state index in [2.05, 4.69) is 4.90 Å². The van der Waals surface area contributed by atoms with Crippen LogP contribution in [0, 0.1) is 16.0 Å². The lowest BCUT2D eigenvalue weighted by atomic mass is 9.84. The number of rotatable bonds is 5. The van der Waals surface area contributed by atoms with Crippen molar-refractivity contribution in [2.24, 2.45) is 5.92 Å². The van der Waals surface area contributed by atoms with Gasteiger partial charge in [-0.2, -0.15) is 0 Å². The molecular weight excluding hydrogens is 320 g/mol. The fourth-order valence-corrected chi connectivity index (χ4v) is 3.58. The molecule has 2 aromatic carbocycles. The van der Waals surface area contributed by atoms with Crippen molar-refractivity contribution in [2.45, 2.75) is 18.9 Å². The Morgan fingerprint density at radius 1 is 1.20 bits per heavy atom. The summed E-state index contributed by atoms with van der Waals surface area (Å²) in [6.07, 6.45) is 1.94. The normalized spacial score (nSPS) is 20.3. The van der Waals surface area contributed by atoms with Crippen molar-refractivity contribution in [1.82, 2.24) is 0 Å². The van der Waals surface area contributed by atoms with Crippen molar-refractivity contribution in [3.8, 4) is 5.75 Å². The number of hydrogen-bond donors (Lipinski definition) is 1. The maximum atomic E-state index is 10.9. The minimum Gasteiger partial charge on any atom is -0.497 e. The molecule has 1 aliphatic rings. The molecule has 0 unspecified atom stereocenters. The Morgan fingerprint density at radius 3 is 2.44 bits per heavy atom. The quantitative estimate of drug-likeness (QED) is 0.664. The molecule has 2 aromatic rings. The van der Waals surface area contributed by atoms with Gasteiger partial charge in [-0.1, -0.05) is 12.1 Å². The van der Waals surface area contributed by atoms with Gasteiger partial charge in [0.2, 0.25) is 0 Å². The van der Waals surface area contributed by atoms with Crippen LogP contribution in [0.15, 0.2) is 48.5 Å². The van der Waals surface area contributed by atoms with Gasteiger partial charge in [0.05, 0.1) is 18.1 Å². The number of nitrogens with zero attached hydrogens (tertiary/aromatic N) is 2. The van der Waals surface area contributed by atoms with Crippen LogP contribution in [0.5, 0.6) is 5.75 Å². The van der Waals surface area contributed by atoms with Gasteiger partial charge in [0.1, 0.15) is 5.75 Å². The molecule has 0 spiro atoms. The average Bonchev–Trinajstić information content (AvgIpc) is 2.67. The Morgan fingerprint density at radius 2 is 1.88 bits per heavy atom. The lowest BCUT2D eigenvalue weighted by molar-refractivity contribution is -0.384. The third-order valence-electron chi connectivity index (χ3n) is 4.84. The largest absolute Gasteiger partial charge is 0.497 e. The molecule has 1 saturated heterocycles. The summed E-state index contributed by atoms with van der Waals surface area (Å²) in [5, 5.41) is 20.8. The number of anilines is 1. The van der Waals surface area contributed by atoms with Crippen LogP contribution < -0.4 is 9.64 Å². The van der Waals surface area contributed by atoms with E-state index in [1.54, 1.807) is 19.2 Å². The van der Waals surface area contributed by atoms with Gasteiger partial charge in [0.25, 0.3) is 5.69 Å². The molecule has 1 heterocycles. The minimum absolute atomic E-state index is 0.00653. The zero-order chi connectivity index (χ0) is 17.8. The van der Waals surface area contributed by atoms with Crippen LogP contribution in [0.3, 0.4) is 0 Å². The van der Waals surface area contributed by atoms with Gasteiger partial charge in [-0.3, -0.25) is 10.1 Å². The number of piperidine rings is 1. The van der Waals surface area contributed by atoms with Gasteiger partial charge in [-0.25, -0.2) is 0 Å². The molecule has 1 fully saturated rings. The summed E-state index contributed by atoms with van der Waals surface area (Å²) in [6.45, 7) is 0.971. The number of ether oxygens (including phenoxy) is 1. The molecule has 132 valence electrons. The predicted octanol–water partition coefficient (Wildman–Crippen LogP) is 3.55. The number of methoxy groups -OCH3 is 1. The number of nitro benzene ring substituents is 1. The van der Waals surface area contributed by atoms with Gasteiger partial charge < -0.3 is 14.7 Å². The highest BCUT2D eigenvalue weighted by Gasteiger charge is 2.32. The SMILES string of the molecule is COc1ccc(N2CCC[C@H](CO)[C@H]2c2ccc([N+](=O)[O-])cc2)cc1. The fourth-order valence-electron chi connectivity index (χ4n) is 3.58. The first-order valence-corrected chi connectivity index (χ1v) is 8.40. The van der Waals surface area contributed by atoms with Crippen LogP contribution in [-0.4, -0.2) is 30.3 Å². The van der Waals surface area contributed by atoms with Gasteiger partial charge in [-0.15, -0.1) is 0 Å². The Labute approximate surface area is 146 Å². The van der Waals surface area contributed by atoms with Gasteiger partial charge in [0, 0.05) is 36.9 Å². The Bertz CT molecular complexity index is 715. The van der Waals surface area contributed by atoms with Crippen molar-refractivity contribution < 1.29 is 14.8 Å². The summed E-state index contributed by atoms with van der Waals surface area (Å²) in [5.74, 6) is 0.892. The molecular formula is C19H22N2O4. The van der Waals surface area contributed by atoms with Crippen LogP contribution in [0.2, 0.25) is 0 Å². The molecule has 2 atom stereocenters. The molecule has 1 aliphatic heterocycles. The monoisotopic (exact) mass is 342 g/mol. The Hall–Kier alpha value is -2.60. The van der Waals surface area contributed by atoms with Gasteiger partial charge in [0.15, 0.2) is 0 Å². The molecule has 0 bridgehead atoms. The number of nitro groups is 1. The van der Waals surface area contributed by atoms with Crippen LogP contribution in [0.4, 0.5) is 11.4 Å². The second-order valence-corrected chi connectivity index (χ2v) is 6.27. The van der Waals surface area contributed by atoms with Crippen molar-refractivity contribution in [3.05, 3.63) is 64.2 Å². The van der Waals surface area contributed by atoms with Crippen molar-refractivity contribution in [3.63, 3.8) is 0 Å². The van der Waals surface area contributed by atoms with Gasteiger partial charge in [-0.05, 0) is 42.7 Å².